The molecule has 1 unspecified atom stereocenters. The van der Waals surface area contributed by atoms with Crippen LogP contribution in [0.4, 0.5) is 0 Å². The molecule has 1 atom stereocenters. The average Bonchev–Trinajstić information content (AvgIpc) is 2.59. The topological polar surface area (TPSA) is 61.8 Å². The van der Waals surface area contributed by atoms with Crippen LogP contribution in [0.25, 0.3) is 0 Å². The summed E-state index contributed by atoms with van der Waals surface area (Å²) in [6, 6.07) is 0. The lowest BCUT2D eigenvalue weighted by Gasteiger charge is -2.15. The Hall–Kier alpha value is -1.52. The molecule has 5 nitrogen and oxygen atoms in total. The molecule has 0 saturated carbocycles. The fraction of sp³-hybridized carbons (Fsp3) is 0.810. The van der Waals surface area contributed by atoms with Crippen molar-refractivity contribution in [1.82, 2.24) is 0 Å². The van der Waals surface area contributed by atoms with Crippen molar-refractivity contribution in [1.29, 1.82) is 0 Å². The zero-order valence-corrected chi connectivity index (χ0v) is 17.0. The van der Waals surface area contributed by atoms with E-state index < -0.39 is 18.0 Å². The Balaban J connectivity index is 3.54. The van der Waals surface area contributed by atoms with Crippen LogP contribution >= 0.6 is 0 Å². The minimum Gasteiger partial charge on any atom is -0.498 e. The van der Waals surface area contributed by atoms with E-state index >= 15 is 0 Å². The van der Waals surface area contributed by atoms with Crippen LogP contribution in [0.1, 0.15) is 91.4 Å². The van der Waals surface area contributed by atoms with Gasteiger partial charge in [-0.25, -0.2) is 0 Å². The maximum Gasteiger partial charge on any atom is 0.303 e. The van der Waals surface area contributed by atoms with Gasteiger partial charge in [-0.3, -0.25) is 9.59 Å². The Labute approximate surface area is 159 Å². The van der Waals surface area contributed by atoms with Gasteiger partial charge in [0.05, 0.1) is 6.26 Å². The molecule has 152 valence electrons. The summed E-state index contributed by atoms with van der Waals surface area (Å²) in [5, 5.41) is 0. The van der Waals surface area contributed by atoms with E-state index in [0.717, 1.165) is 12.8 Å². The van der Waals surface area contributed by atoms with Gasteiger partial charge in [-0.05, 0) is 18.9 Å². The largest absolute Gasteiger partial charge is 0.498 e. The zero-order chi connectivity index (χ0) is 19.5. The van der Waals surface area contributed by atoms with Crippen molar-refractivity contribution in [2.45, 2.75) is 97.5 Å². The first-order valence-electron chi connectivity index (χ1n) is 10.1. The highest BCUT2D eigenvalue weighted by Gasteiger charge is 2.14. The summed E-state index contributed by atoms with van der Waals surface area (Å²) in [7, 11) is 0. The monoisotopic (exact) mass is 370 g/mol. The molecule has 0 aromatic heterocycles. The van der Waals surface area contributed by atoms with Crippen molar-refractivity contribution in [3.8, 4) is 0 Å². The van der Waals surface area contributed by atoms with Gasteiger partial charge in [-0.15, -0.1) is 0 Å². The van der Waals surface area contributed by atoms with Crippen molar-refractivity contribution < 1.29 is 23.8 Å². The van der Waals surface area contributed by atoms with Gasteiger partial charge in [0.2, 0.25) is 0 Å². The van der Waals surface area contributed by atoms with Crippen LogP contribution in [0.15, 0.2) is 12.3 Å². The fourth-order valence-corrected chi connectivity index (χ4v) is 2.61. The highest BCUT2D eigenvalue weighted by atomic mass is 16.6. The van der Waals surface area contributed by atoms with Crippen LogP contribution in [-0.2, 0) is 23.8 Å². The molecule has 0 N–H and O–H groups in total. The molecule has 0 heterocycles. The first kappa shape index (κ1) is 24.5. The Bertz CT molecular complexity index is 379. The summed E-state index contributed by atoms with van der Waals surface area (Å²) in [5.74, 6) is -0.821. The van der Waals surface area contributed by atoms with E-state index in [1.54, 1.807) is 6.26 Å². The number of ether oxygens (including phenoxy) is 3. The number of carbonyl (C=O) groups excluding carboxylic acids is 2. The third-order valence-corrected chi connectivity index (χ3v) is 4.00. The molecule has 26 heavy (non-hydrogen) atoms. The fourth-order valence-electron chi connectivity index (χ4n) is 2.61. The van der Waals surface area contributed by atoms with E-state index in [1.807, 2.05) is 6.08 Å². The molecule has 5 heteroatoms. The summed E-state index contributed by atoms with van der Waals surface area (Å²) in [4.78, 5) is 21.8. The van der Waals surface area contributed by atoms with Crippen LogP contribution in [0.3, 0.4) is 0 Å². The number of allylic oxidation sites excluding steroid dienone is 1. The molecule has 0 fully saturated rings. The molecule has 0 saturated heterocycles. The highest BCUT2D eigenvalue weighted by molar-refractivity contribution is 5.67. The van der Waals surface area contributed by atoms with Gasteiger partial charge in [0.15, 0.2) is 6.10 Å². The summed E-state index contributed by atoms with van der Waals surface area (Å²) in [6.07, 6.45) is 17.3. The lowest BCUT2D eigenvalue weighted by Crippen LogP contribution is -2.27. The van der Waals surface area contributed by atoms with Gasteiger partial charge in [0.1, 0.15) is 13.2 Å². The van der Waals surface area contributed by atoms with Crippen molar-refractivity contribution in [2.75, 3.05) is 13.2 Å². The molecular formula is C21H38O5. The first-order valence-corrected chi connectivity index (χ1v) is 10.1. The normalized spacial score (nSPS) is 12.1. The van der Waals surface area contributed by atoms with Crippen LogP contribution in [0, 0.1) is 0 Å². The first-order chi connectivity index (χ1) is 12.6. The standard InChI is InChI=1S/C21H38O5/c1-4-5-6-7-8-9-10-11-12-13-14-15-16-24-17-21(26-20(3)23)18-25-19(2)22/h15-16,21H,4-14,17-18H2,1-3H3/b16-15+. The van der Waals surface area contributed by atoms with Crippen LogP contribution in [0.5, 0.6) is 0 Å². The van der Waals surface area contributed by atoms with Gasteiger partial charge in [-0.2, -0.15) is 0 Å². The molecule has 0 aliphatic heterocycles. The Morgan fingerprint density at radius 1 is 0.808 bits per heavy atom. The number of hydrogen-bond acceptors (Lipinski definition) is 5. The van der Waals surface area contributed by atoms with Crippen LogP contribution in [-0.4, -0.2) is 31.3 Å². The summed E-state index contributed by atoms with van der Waals surface area (Å²) >= 11 is 0. The zero-order valence-electron chi connectivity index (χ0n) is 17.0. The second-order valence-corrected chi connectivity index (χ2v) is 6.71. The van der Waals surface area contributed by atoms with Crippen molar-refractivity contribution >= 4 is 11.9 Å². The maximum atomic E-state index is 11.0. The van der Waals surface area contributed by atoms with Crippen LogP contribution in [0.2, 0.25) is 0 Å². The molecule has 0 bridgehead atoms. The smallest absolute Gasteiger partial charge is 0.303 e. The molecule has 0 rings (SSSR count). The van der Waals surface area contributed by atoms with Gasteiger partial charge in [0.25, 0.3) is 0 Å². The van der Waals surface area contributed by atoms with Crippen molar-refractivity contribution in [2.24, 2.45) is 0 Å². The molecule has 0 spiro atoms. The average molecular weight is 371 g/mol. The van der Waals surface area contributed by atoms with Gasteiger partial charge in [-0.1, -0.05) is 64.7 Å². The minimum absolute atomic E-state index is 0.0151. The minimum atomic E-state index is -0.571. The van der Waals surface area contributed by atoms with Gasteiger partial charge < -0.3 is 14.2 Å². The number of esters is 2. The van der Waals surface area contributed by atoms with E-state index in [1.165, 1.54) is 71.6 Å². The second kappa shape index (κ2) is 18.3. The third kappa shape index (κ3) is 18.8. The van der Waals surface area contributed by atoms with Gasteiger partial charge in [0, 0.05) is 13.8 Å². The van der Waals surface area contributed by atoms with Crippen molar-refractivity contribution in [3.63, 3.8) is 0 Å². The summed E-state index contributed by atoms with van der Waals surface area (Å²) < 4.78 is 15.3. The van der Waals surface area contributed by atoms with E-state index in [4.69, 9.17) is 14.2 Å². The number of unbranched alkanes of at least 4 members (excludes halogenated alkanes) is 10. The number of carbonyl (C=O) groups is 2. The lowest BCUT2D eigenvalue weighted by atomic mass is 10.1. The molecule has 0 radical (unpaired) electrons. The lowest BCUT2D eigenvalue weighted by molar-refractivity contribution is -0.158. The quantitative estimate of drug-likeness (QED) is 0.197. The molecule has 0 aromatic carbocycles. The predicted octanol–water partition coefficient (Wildman–Crippen LogP) is 5.32. The molecular weight excluding hydrogens is 332 g/mol. The Kier molecular flexibility index (Phi) is 17.2. The number of hydrogen-bond donors (Lipinski definition) is 0. The van der Waals surface area contributed by atoms with Crippen LogP contribution < -0.4 is 0 Å². The molecule has 0 aliphatic rings. The molecule has 0 amide bonds. The Morgan fingerprint density at radius 3 is 1.92 bits per heavy atom. The molecule has 0 aliphatic carbocycles. The predicted molar refractivity (Wildman–Crippen MR) is 104 cm³/mol. The van der Waals surface area contributed by atoms with Crippen molar-refractivity contribution in [3.05, 3.63) is 12.3 Å². The number of rotatable bonds is 17. The highest BCUT2D eigenvalue weighted by Crippen LogP contribution is 2.11. The van der Waals surface area contributed by atoms with Gasteiger partial charge >= 0.3 is 11.9 Å². The SMILES string of the molecule is CCCCCCCCCCCC/C=C/OCC(COC(C)=O)OC(C)=O. The van der Waals surface area contributed by atoms with E-state index in [2.05, 4.69) is 6.92 Å². The second-order valence-electron chi connectivity index (χ2n) is 6.71. The maximum absolute atomic E-state index is 11.0. The summed E-state index contributed by atoms with van der Waals surface area (Å²) in [6.45, 7) is 5.09. The third-order valence-electron chi connectivity index (χ3n) is 4.00. The van der Waals surface area contributed by atoms with E-state index in [9.17, 15) is 9.59 Å². The summed E-state index contributed by atoms with van der Waals surface area (Å²) in [5.41, 5.74) is 0. The molecule has 0 aromatic rings. The van der Waals surface area contributed by atoms with E-state index in [-0.39, 0.29) is 13.2 Å². The van der Waals surface area contributed by atoms with E-state index in [0.29, 0.717) is 0 Å². The Morgan fingerprint density at radius 2 is 1.38 bits per heavy atom.